The van der Waals surface area contributed by atoms with Crippen LogP contribution < -0.4 is 0 Å². The zero-order chi connectivity index (χ0) is 14.7. The van der Waals surface area contributed by atoms with Gasteiger partial charge < -0.3 is 0 Å². The van der Waals surface area contributed by atoms with E-state index in [0.717, 1.165) is 18.4 Å². The molecular formula is C14H13Cl2NOS2. The van der Waals surface area contributed by atoms with Crippen molar-refractivity contribution in [2.24, 2.45) is 0 Å². The summed E-state index contributed by atoms with van der Waals surface area (Å²) in [5.74, 6) is -0.0282. The molecule has 0 atom stereocenters. The number of nitrogens with zero attached hydrogens (tertiary/aromatic N) is 1. The molecule has 1 saturated heterocycles. The summed E-state index contributed by atoms with van der Waals surface area (Å²) >= 11 is 18.4. The molecule has 0 aliphatic carbocycles. The lowest BCUT2D eigenvalue weighted by Gasteiger charge is -2.12. The number of rotatable bonds is 4. The highest BCUT2D eigenvalue weighted by Gasteiger charge is 2.31. The van der Waals surface area contributed by atoms with Crippen LogP contribution in [0.15, 0.2) is 23.1 Å². The van der Waals surface area contributed by atoms with Crippen LogP contribution in [0, 0.1) is 0 Å². The van der Waals surface area contributed by atoms with Gasteiger partial charge >= 0.3 is 0 Å². The molecule has 0 bridgehead atoms. The van der Waals surface area contributed by atoms with Gasteiger partial charge in [0, 0.05) is 6.54 Å². The maximum Gasteiger partial charge on any atom is 0.266 e. The van der Waals surface area contributed by atoms with Crippen molar-refractivity contribution in [2.75, 3.05) is 6.54 Å². The number of unbranched alkanes of at least 4 members (excludes halogenated alkanes) is 1. The average Bonchev–Trinajstić information content (AvgIpc) is 2.67. The monoisotopic (exact) mass is 345 g/mol. The summed E-state index contributed by atoms with van der Waals surface area (Å²) in [6.45, 7) is 2.77. The quantitative estimate of drug-likeness (QED) is 0.566. The van der Waals surface area contributed by atoms with E-state index in [1.165, 1.54) is 11.8 Å². The summed E-state index contributed by atoms with van der Waals surface area (Å²) in [6, 6.07) is 5.28. The van der Waals surface area contributed by atoms with Gasteiger partial charge in [0.15, 0.2) is 0 Å². The molecule has 0 spiro atoms. The van der Waals surface area contributed by atoms with Crippen molar-refractivity contribution in [1.82, 2.24) is 4.90 Å². The second-order valence-electron chi connectivity index (χ2n) is 4.36. The smallest absolute Gasteiger partial charge is 0.266 e. The number of thioether (sulfide) groups is 1. The Morgan fingerprint density at radius 1 is 1.35 bits per heavy atom. The van der Waals surface area contributed by atoms with E-state index >= 15 is 0 Å². The van der Waals surface area contributed by atoms with Crippen molar-refractivity contribution >= 4 is 63.5 Å². The molecule has 0 saturated carbocycles. The van der Waals surface area contributed by atoms with Crippen LogP contribution in [0.4, 0.5) is 0 Å². The standard InChI is InChI=1S/C14H13Cl2NOS2/c1-2-3-6-17-13(18)12(20-14(17)19)8-9-4-5-10(15)11(16)7-9/h4-5,7-8H,2-3,6H2,1H3/b12-8-. The third kappa shape index (κ3) is 3.55. The molecule has 1 aromatic rings. The fourth-order valence-electron chi connectivity index (χ4n) is 1.76. The highest BCUT2D eigenvalue weighted by Crippen LogP contribution is 2.33. The molecule has 2 nitrogen and oxygen atoms in total. The Morgan fingerprint density at radius 2 is 2.10 bits per heavy atom. The number of benzene rings is 1. The summed E-state index contributed by atoms with van der Waals surface area (Å²) in [5, 5.41) is 0.973. The molecule has 0 N–H and O–H groups in total. The highest BCUT2D eigenvalue weighted by molar-refractivity contribution is 8.26. The van der Waals surface area contributed by atoms with Gasteiger partial charge in [0.05, 0.1) is 15.0 Å². The van der Waals surface area contributed by atoms with E-state index < -0.39 is 0 Å². The SMILES string of the molecule is CCCCN1C(=O)/C(=C/c2ccc(Cl)c(Cl)c2)SC1=S. The Hall–Kier alpha value is -0.550. The van der Waals surface area contributed by atoms with Gasteiger partial charge in [-0.2, -0.15) is 0 Å². The molecule has 0 radical (unpaired) electrons. The van der Waals surface area contributed by atoms with Crippen molar-refractivity contribution in [2.45, 2.75) is 19.8 Å². The minimum absolute atomic E-state index is 0.0282. The zero-order valence-electron chi connectivity index (χ0n) is 10.9. The van der Waals surface area contributed by atoms with Crippen molar-refractivity contribution in [3.05, 3.63) is 38.7 Å². The largest absolute Gasteiger partial charge is 0.293 e. The van der Waals surface area contributed by atoms with E-state index in [1.807, 2.05) is 6.07 Å². The Labute approximate surface area is 138 Å². The summed E-state index contributed by atoms with van der Waals surface area (Å²) < 4.78 is 0.620. The Morgan fingerprint density at radius 3 is 2.75 bits per heavy atom. The number of hydrogen-bond donors (Lipinski definition) is 0. The first-order valence-electron chi connectivity index (χ1n) is 6.23. The zero-order valence-corrected chi connectivity index (χ0v) is 14.0. The van der Waals surface area contributed by atoms with Crippen LogP contribution in [0.3, 0.4) is 0 Å². The minimum Gasteiger partial charge on any atom is -0.293 e. The van der Waals surface area contributed by atoms with Crippen LogP contribution in [0.2, 0.25) is 10.0 Å². The number of amides is 1. The number of carbonyl (C=O) groups excluding carboxylic acids is 1. The summed E-state index contributed by atoms with van der Waals surface area (Å²) in [4.78, 5) is 14.6. The minimum atomic E-state index is -0.0282. The third-order valence-electron chi connectivity index (χ3n) is 2.85. The number of halogens is 2. The van der Waals surface area contributed by atoms with E-state index in [0.29, 0.717) is 25.8 Å². The molecule has 0 unspecified atom stereocenters. The van der Waals surface area contributed by atoms with Gasteiger partial charge in [0.2, 0.25) is 0 Å². The molecule has 2 rings (SSSR count). The van der Waals surface area contributed by atoms with E-state index in [9.17, 15) is 4.79 Å². The number of thiocarbonyl (C=S) groups is 1. The summed E-state index contributed by atoms with van der Waals surface area (Å²) in [7, 11) is 0. The molecule has 1 aromatic carbocycles. The predicted molar refractivity (Wildman–Crippen MR) is 91.2 cm³/mol. The van der Waals surface area contributed by atoms with Crippen LogP contribution in [0.1, 0.15) is 25.3 Å². The van der Waals surface area contributed by atoms with Crippen molar-refractivity contribution < 1.29 is 4.79 Å². The fraction of sp³-hybridized carbons (Fsp3) is 0.286. The fourth-order valence-corrected chi connectivity index (χ4v) is 3.38. The van der Waals surface area contributed by atoms with E-state index in [4.69, 9.17) is 35.4 Å². The first-order chi connectivity index (χ1) is 9.52. The molecule has 20 heavy (non-hydrogen) atoms. The summed E-state index contributed by atoms with van der Waals surface area (Å²) in [5.41, 5.74) is 0.843. The first-order valence-corrected chi connectivity index (χ1v) is 8.21. The number of hydrogen-bond acceptors (Lipinski definition) is 3. The molecule has 0 aromatic heterocycles. The molecule has 1 fully saturated rings. The Bertz CT molecular complexity index is 587. The molecular weight excluding hydrogens is 333 g/mol. The molecule has 6 heteroatoms. The molecule has 1 aliphatic heterocycles. The van der Waals surface area contributed by atoms with Gasteiger partial charge in [0.25, 0.3) is 5.91 Å². The highest BCUT2D eigenvalue weighted by atomic mass is 35.5. The molecule has 1 heterocycles. The van der Waals surface area contributed by atoms with Crippen molar-refractivity contribution in [1.29, 1.82) is 0 Å². The number of carbonyl (C=O) groups is 1. The van der Waals surface area contributed by atoms with Crippen molar-refractivity contribution in [3.63, 3.8) is 0 Å². The maximum atomic E-state index is 12.3. The Kier molecular flexibility index (Phi) is 5.49. The topological polar surface area (TPSA) is 20.3 Å². The van der Waals surface area contributed by atoms with Crippen LogP contribution in [0.25, 0.3) is 6.08 Å². The van der Waals surface area contributed by atoms with Gasteiger partial charge in [-0.3, -0.25) is 9.69 Å². The van der Waals surface area contributed by atoms with Crippen molar-refractivity contribution in [3.8, 4) is 0 Å². The summed E-state index contributed by atoms with van der Waals surface area (Å²) in [6.07, 6.45) is 3.78. The second-order valence-corrected chi connectivity index (χ2v) is 6.85. The molecule has 1 aliphatic rings. The van der Waals surface area contributed by atoms with E-state index in [2.05, 4.69) is 6.92 Å². The Balaban J connectivity index is 2.20. The van der Waals surface area contributed by atoms with Crippen LogP contribution in [-0.2, 0) is 4.79 Å². The van der Waals surface area contributed by atoms with Gasteiger partial charge in [-0.1, -0.05) is 66.6 Å². The first kappa shape index (κ1) is 15.8. The second kappa shape index (κ2) is 6.94. The van der Waals surface area contributed by atoms with E-state index in [1.54, 1.807) is 23.1 Å². The lowest BCUT2D eigenvalue weighted by molar-refractivity contribution is -0.122. The van der Waals surface area contributed by atoms with Gasteiger partial charge in [-0.25, -0.2) is 0 Å². The normalized spacial score (nSPS) is 17.4. The van der Waals surface area contributed by atoms with Crippen LogP contribution >= 0.6 is 47.2 Å². The molecule has 1 amide bonds. The maximum absolute atomic E-state index is 12.3. The predicted octanol–water partition coefficient (Wildman–Crippen LogP) is 4.99. The van der Waals surface area contributed by atoms with E-state index in [-0.39, 0.29) is 5.91 Å². The van der Waals surface area contributed by atoms with Crippen LogP contribution in [-0.4, -0.2) is 21.7 Å². The molecule has 106 valence electrons. The lowest BCUT2D eigenvalue weighted by Crippen LogP contribution is -2.28. The van der Waals surface area contributed by atoms with Crippen LogP contribution in [0.5, 0.6) is 0 Å². The average molecular weight is 346 g/mol. The van der Waals surface area contributed by atoms with Gasteiger partial charge in [0.1, 0.15) is 4.32 Å². The van der Waals surface area contributed by atoms with Gasteiger partial charge in [-0.05, 0) is 30.2 Å². The van der Waals surface area contributed by atoms with Gasteiger partial charge in [-0.15, -0.1) is 0 Å². The lowest BCUT2D eigenvalue weighted by atomic mass is 10.2. The third-order valence-corrected chi connectivity index (χ3v) is 4.97.